The van der Waals surface area contributed by atoms with Crippen LogP contribution in [-0.4, -0.2) is 7.05 Å². The zero-order valence-corrected chi connectivity index (χ0v) is 18.4. The summed E-state index contributed by atoms with van der Waals surface area (Å²) in [6.45, 7) is 13.6. The minimum atomic E-state index is 0.539. The Hall–Kier alpha value is -2.54. The van der Waals surface area contributed by atoms with E-state index in [1.807, 2.05) is 7.05 Å². The molecule has 0 fully saturated rings. The Morgan fingerprint density at radius 1 is 0.750 bits per heavy atom. The van der Waals surface area contributed by atoms with Crippen LogP contribution in [0.5, 0.6) is 0 Å². The molecule has 0 saturated carbocycles. The molecule has 0 aromatic heterocycles. The molecule has 0 bridgehead atoms. The largest absolute Gasteiger partial charge is 0.387 e. The maximum absolute atomic E-state index is 3.54. The van der Waals surface area contributed by atoms with E-state index in [1.165, 1.54) is 55.8 Å². The molecule has 0 aliphatic heterocycles. The lowest BCUT2D eigenvalue weighted by atomic mass is 9.81. The van der Waals surface area contributed by atoms with Crippen molar-refractivity contribution >= 4 is 5.69 Å². The Kier molecular flexibility index (Phi) is 5.93. The SMILES string of the molecule is CCC(C)c1ccccc1-c1c(C)c(C)c(-c2ccccc2C)c(C)c1NC. The van der Waals surface area contributed by atoms with Crippen molar-refractivity contribution in [3.63, 3.8) is 0 Å². The third-order valence-electron chi connectivity index (χ3n) is 6.35. The summed E-state index contributed by atoms with van der Waals surface area (Å²) in [7, 11) is 2.05. The summed E-state index contributed by atoms with van der Waals surface area (Å²) in [6, 6.07) is 17.6. The van der Waals surface area contributed by atoms with E-state index in [0.29, 0.717) is 5.92 Å². The van der Waals surface area contributed by atoms with Crippen molar-refractivity contribution < 1.29 is 0 Å². The van der Waals surface area contributed by atoms with Gasteiger partial charge in [-0.15, -0.1) is 0 Å². The molecule has 1 N–H and O–H groups in total. The highest BCUT2D eigenvalue weighted by molar-refractivity contribution is 5.92. The van der Waals surface area contributed by atoms with Gasteiger partial charge in [-0.05, 0) is 84.5 Å². The molecule has 0 spiro atoms. The molecule has 3 rings (SSSR count). The molecule has 0 amide bonds. The summed E-state index contributed by atoms with van der Waals surface area (Å²) >= 11 is 0. The van der Waals surface area contributed by atoms with Crippen LogP contribution in [0, 0.1) is 27.7 Å². The zero-order valence-electron chi connectivity index (χ0n) is 18.4. The number of benzene rings is 3. The number of hydrogen-bond acceptors (Lipinski definition) is 1. The second-order valence-electron chi connectivity index (χ2n) is 7.96. The molecule has 0 saturated heterocycles. The average molecular weight is 372 g/mol. The third-order valence-corrected chi connectivity index (χ3v) is 6.35. The minimum Gasteiger partial charge on any atom is -0.387 e. The van der Waals surface area contributed by atoms with Crippen molar-refractivity contribution in [3.05, 3.63) is 76.3 Å². The van der Waals surface area contributed by atoms with Gasteiger partial charge in [0, 0.05) is 18.3 Å². The molecule has 0 radical (unpaired) electrons. The van der Waals surface area contributed by atoms with Gasteiger partial charge in [-0.1, -0.05) is 62.4 Å². The molecule has 3 aromatic carbocycles. The summed E-state index contributed by atoms with van der Waals surface area (Å²) in [5.41, 5.74) is 13.5. The van der Waals surface area contributed by atoms with Gasteiger partial charge in [0.15, 0.2) is 0 Å². The second-order valence-corrected chi connectivity index (χ2v) is 7.96. The Labute approximate surface area is 170 Å². The molecule has 0 aliphatic carbocycles. The van der Waals surface area contributed by atoms with Crippen molar-refractivity contribution in [2.45, 2.75) is 53.9 Å². The van der Waals surface area contributed by atoms with Crippen LogP contribution < -0.4 is 5.32 Å². The third kappa shape index (κ3) is 3.35. The standard InChI is InChI=1S/C27H33N/c1-8-17(2)22-14-11-12-16-24(22)26-20(5)19(4)25(21(6)27(26)28-7)23-15-10-9-13-18(23)3/h9-17,28H,8H2,1-7H3. The van der Waals surface area contributed by atoms with E-state index in [0.717, 1.165) is 6.42 Å². The summed E-state index contributed by atoms with van der Waals surface area (Å²) in [5.74, 6) is 0.539. The predicted molar refractivity (Wildman–Crippen MR) is 125 cm³/mol. The lowest BCUT2D eigenvalue weighted by Crippen LogP contribution is -2.05. The van der Waals surface area contributed by atoms with Gasteiger partial charge in [-0.2, -0.15) is 0 Å². The van der Waals surface area contributed by atoms with Crippen molar-refractivity contribution in [1.82, 2.24) is 0 Å². The highest BCUT2D eigenvalue weighted by Gasteiger charge is 2.22. The first-order valence-electron chi connectivity index (χ1n) is 10.4. The van der Waals surface area contributed by atoms with E-state index in [4.69, 9.17) is 0 Å². The van der Waals surface area contributed by atoms with Gasteiger partial charge in [-0.25, -0.2) is 0 Å². The average Bonchev–Trinajstić information content (AvgIpc) is 2.71. The smallest absolute Gasteiger partial charge is 0.0456 e. The lowest BCUT2D eigenvalue weighted by Gasteiger charge is -2.25. The van der Waals surface area contributed by atoms with E-state index in [-0.39, 0.29) is 0 Å². The fourth-order valence-electron chi connectivity index (χ4n) is 4.44. The molecule has 1 heteroatoms. The number of hydrogen-bond donors (Lipinski definition) is 1. The van der Waals surface area contributed by atoms with Gasteiger partial charge in [0.1, 0.15) is 0 Å². The zero-order chi connectivity index (χ0) is 20.4. The van der Waals surface area contributed by atoms with Crippen LogP contribution in [0.2, 0.25) is 0 Å². The normalized spacial score (nSPS) is 12.1. The van der Waals surface area contributed by atoms with E-state index >= 15 is 0 Å². The minimum absolute atomic E-state index is 0.539. The summed E-state index contributed by atoms with van der Waals surface area (Å²) in [5, 5.41) is 3.54. The molecule has 1 atom stereocenters. The van der Waals surface area contributed by atoms with Crippen LogP contribution in [0.4, 0.5) is 5.69 Å². The van der Waals surface area contributed by atoms with Gasteiger partial charge >= 0.3 is 0 Å². The molecule has 3 aromatic rings. The molecular weight excluding hydrogens is 338 g/mol. The summed E-state index contributed by atoms with van der Waals surface area (Å²) < 4.78 is 0. The first kappa shape index (κ1) is 20.2. The van der Waals surface area contributed by atoms with E-state index < -0.39 is 0 Å². The first-order valence-corrected chi connectivity index (χ1v) is 10.4. The van der Waals surface area contributed by atoms with Crippen LogP contribution >= 0.6 is 0 Å². The molecule has 1 nitrogen and oxygen atoms in total. The maximum Gasteiger partial charge on any atom is 0.0456 e. The first-order chi connectivity index (χ1) is 13.4. The Bertz CT molecular complexity index is 997. The topological polar surface area (TPSA) is 12.0 Å². The fraction of sp³-hybridized carbons (Fsp3) is 0.333. The van der Waals surface area contributed by atoms with Crippen molar-refractivity contribution in [1.29, 1.82) is 0 Å². The van der Waals surface area contributed by atoms with Crippen molar-refractivity contribution in [3.8, 4) is 22.3 Å². The quantitative estimate of drug-likeness (QED) is 0.482. The predicted octanol–water partition coefficient (Wildman–Crippen LogP) is 7.81. The van der Waals surface area contributed by atoms with Gasteiger partial charge in [0.05, 0.1) is 0 Å². The summed E-state index contributed by atoms with van der Waals surface area (Å²) in [6.07, 6.45) is 1.14. The van der Waals surface area contributed by atoms with Gasteiger partial charge < -0.3 is 5.32 Å². The second kappa shape index (κ2) is 8.22. The highest BCUT2D eigenvalue weighted by atomic mass is 14.8. The lowest BCUT2D eigenvalue weighted by molar-refractivity contribution is 0.735. The fourth-order valence-corrected chi connectivity index (χ4v) is 4.44. The van der Waals surface area contributed by atoms with Crippen LogP contribution in [0.1, 0.15) is 54.0 Å². The summed E-state index contributed by atoms with van der Waals surface area (Å²) in [4.78, 5) is 0. The molecule has 146 valence electrons. The van der Waals surface area contributed by atoms with Gasteiger partial charge in [0.2, 0.25) is 0 Å². The number of nitrogens with one attached hydrogen (secondary N) is 1. The molecule has 28 heavy (non-hydrogen) atoms. The number of aryl methyl sites for hydroxylation is 1. The number of anilines is 1. The van der Waals surface area contributed by atoms with E-state index in [1.54, 1.807) is 0 Å². The molecular formula is C27H33N. The van der Waals surface area contributed by atoms with Gasteiger partial charge in [-0.3, -0.25) is 0 Å². The van der Waals surface area contributed by atoms with Gasteiger partial charge in [0.25, 0.3) is 0 Å². The highest BCUT2D eigenvalue weighted by Crippen LogP contribution is 2.45. The van der Waals surface area contributed by atoms with Crippen LogP contribution in [0.25, 0.3) is 22.3 Å². The number of rotatable bonds is 5. The van der Waals surface area contributed by atoms with Crippen molar-refractivity contribution in [2.75, 3.05) is 12.4 Å². The van der Waals surface area contributed by atoms with E-state index in [9.17, 15) is 0 Å². The van der Waals surface area contributed by atoms with Crippen LogP contribution in [0.15, 0.2) is 48.5 Å². The monoisotopic (exact) mass is 371 g/mol. The Morgan fingerprint density at radius 2 is 1.32 bits per heavy atom. The Balaban J connectivity index is 2.37. The van der Waals surface area contributed by atoms with Crippen molar-refractivity contribution in [2.24, 2.45) is 0 Å². The molecule has 0 aliphatic rings. The van der Waals surface area contributed by atoms with Crippen LogP contribution in [-0.2, 0) is 0 Å². The molecule has 1 unspecified atom stereocenters. The molecule has 0 heterocycles. The van der Waals surface area contributed by atoms with E-state index in [2.05, 4.69) is 95.4 Å². The Morgan fingerprint density at radius 3 is 1.93 bits per heavy atom. The van der Waals surface area contributed by atoms with Crippen LogP contribution in [0.3, 0.4) is 0 Å². The maximum atomic E-state index is 3.54.